The Morgan fingerprint density at radius 2 is 2.00 bits per heavy atom. The van der Waals surface area contributed by atoms with Crippen molar-refractivity contribution in [3.05, 3.63) is 52.5 Å². The van der Waals surface area contributed by atoms with Gasteiger partial charge < -0.3 is 10.5 Å². The summed E-state index contributed by atoms with van der Waals surface area (Å²) in [5.41, 5.74) is 8.08. The Bertz CT molecular complexity index is 581. The monoisotopic (exact) mass is 281 g/mol. The number of fused-ring (bicyclic) bond motifs is 1. The first-order valence-corrected chi connectivity index (χ1v) is 6.36. The van der Waals surface area contributed by atoms with E-state index in [2.05, 4.69) is 0 Å². The molecule has 0 saturated carbocycles. The normalized spacial score (nSPS) is 11.8. The van der Waals surface area contributed by atoms with Crippen LogP contribution in [-0.2, 0) is 6.54 Å². The van der Waals surface area contributed by atoms with E-state index in [0.29, 0.717) is 11.6 Å². The predicted molar refractivity (Wildman–Crippen MR) is 77.1 cm³/mol. The van der Waals surface area contributed by atoms with E-state index in [-0.39, 0.29) is 6.61 Å². The van der Waals surface area contributed by atoms with Gasteiger partial charge in [0.15, 0.2) is 0 Å². The molecule has 2 rings (SSSR count). The molecule has 0 aliphatic rings. The third kappa shape index (κ3) is 2.78. The zero-order valence-electron chi connectivity index (χ0n) is 9.70. The minimum absolute atomic E-state index is 0.246. The van der Waals surface area contributed by atoms with Crippen LogP contribution in [0.3, 0.4) is 0 Å². The molecule has 0 fully saturated rings. The van der Waals surface area contributed by atoms with Crippen LogP contribution >= 0.6 is 23.2 Å². The molecule has 0 aliphatic heterocycles. The standard InChI is InChI=1S/C14H13Cl2NO/c15-7-11(16)9-18-14-6-5-10-3-1-2-4-12(10)13(14)8-17/h1-7H,8-9,17H2. The molecular formula is C14H13Cl2NO. The first kappa shape index (κ1) is 13.2. The summed E-state index contributed by atoms with van der Waals surface area (Å²) >= 11 is 11.3. The molecule has 2 aromatic rings. The minimum atomic E-state index is 0.246. The summed E-state index contributed by atoms with van der Waals surface area (Å²) < 4.78 is 5.62. The van der Waals surface area contributed by atoms with Crippen LogP contribution in [0.25, 0.3) is 10.8 Å². The summed E-state index contributed by atoms with van der Waals surface area (Å²) in [6, 6.07) is 12.0. The Morgan fingerprint density at radius 3 is 2.72 bits per heavy atom. The van der Waals surface area contributed by atoms with E-state index >= 15 is 0 Å². The molecule has 2 aromatic carbocycles. The van der Waals surface area contributed by atoms with E-state index < -0.39 is 0 Å². The van der Waals surface area contributed by atoms with Gasteiger partial charge in [-0.25, -0.2) is 0 Å². The lowest BCUT2D eigenvalue weighted by atomic mass is 10.0. The number of ether oxygens (including phenoxy) is 1. The van der Waals surface area contributed by atoms with Gasteiger partial charge in [0.05, 0.1) is 5.03 Å². The van der Waals surface area contributed by atoms with Gasteiger partial charge in [-0.2, -0.15) is 0 Å². The number of halogens is 2. The highest BCUT2D eigenvalue weighted by Crippen LogP contribution is 2.28. The molecule has 0 saturated heterocycles. The van der Waals surface area contributed by atoms with Crippen LogP contribution in [0.2, 0.25) is 0 Å². The number of hydrogen-bond acceptors (Lipinski definition) is 2. The largest absolute Gasteiger partial charge is 0.488 e. The molecule has 0 aliphatic carbocycles. The number of hydrogen-bond donors (Lipinski definition) is 1. The highest BCUT2D eigenvalue weighted by molar-refractivity contribution is 6.36. The van der Waals surface area contributed by atoms with Gasteiger partial charge in [-0.3, -0.25) is 0 Å². The molecule has 0 aromatic heterocycles. The summed E-state index contributed by atoms with van der Waals surface area (Å²) in [6.07, 6.45) is 0. The average molecular weight is 282 g/mol. The second kappa shape index (κ2) is 6.10. The van der Waals surface area contributed by atoms with Crippen molar-refractivity contribution >= 4 is 34.0 Å². The maximum Gasteiger partial charge on any atom is 0.125 e. The van der Waals surface area contributed by atoms with E-state index in [1.165, 1.54) is 5.54 Å². The maximum atomic E-state index is 5.80. The number of nitrogens with two attached hydrogens (primary N) is 1. The second-order valence-corrected chi connectivity index (χ2v) is 4.52. The van der Waals surface area contributed by atoms with Crippen molar-refractivity contribution < 1.29 is 4.74 Å². The van der Waals surface area contributed by atoms with E-state index in [0.717, 1.165) is 22.1 Å². The maximum absolute atomic E-state index is 5.80. The fraction of sp³-hybridized carbons (Fsp3) is 0.143. The van der Waals surface area contributed by atoms with Crippen LogP contribution < -0.4 is 10.5 Å². The Hall–Kier alpha value is -1.22. The van der Waals surface area contributed by atoms with Gasteiger partial charge in [0.2, 0.25) is 0 Å². The molecule has 0 radical (unpaired) electrons. The molecule has 2 N–H and O–H groups in total. The van der Waals surface area contributed by atoms with Crippen molar-refractivity contribution in [3.8, 4) is 5.75 Å². The minimum Gasteiger partial charge on any atom is -0.488 e. The van der Waals surface area contributed by atoms with Gasteiger partial charge in [0.25, 0.3) is 0 Å². The van der Waals surface area contributed by atoms with Crippen LogP contribution in [0.1, 0.15) is 5.56 Å². The quantitative estimate of drug-likeness (QED) is 0.920. The Balaban J connectivity index is 2.38. The van der Waals surface area contributed by atoms with E-state index in [1.54, 1.807) is 0 Å². The van der Waals surface area contributed by atoms with Gasteiger partial charge in [-0.1, -0.05) is 53.5 Å². The Morgan fingerprint density at radius 1 is 1.22 bits per heavy atom. The second-order valence-electron chi connectivity index (χ2n) is 3.81. The number of benzene rings is 2. The summed E-state index contributed by atoms with van der Waals surface area (Å²) in [5.74, 6) is 0.743. The van der Waals surface area contributed by atoms with Crippen molar-refractivity contribution in [1.82, 2.24) is 0 Å². The smallest absolute Gasteiger partial charge is 0.125 e. The van der Waals surface area contributed by atoms with Crippen molar-refractivity contribution in [2.24, 2.45) is 5.73 Å². The molecule has 94 valence electrons. The van der Waals surface area contributed by atoms with E-state index in [4.69, 9.17) is 33.7 Å². The molecule has 18 heavy (non-hydrogen) atoms. The summed E-state index contributed by atoms with van der Waals surface area (Å²) in [5, 5.41) is 2.69. The van der Waals surface area contributed by atoms with Crippen molar-refractivity contribution in [1.29, 1.82) is 0 Å². The van der Waals surface area contributed by atoms with E-state index in [9.17, 15) is 0 Å². The van der Waals surface area contributed by atoms with Crippen molar-refractivity contribution in [2.45, 2.75) is 6.54 Å². The van der Waals surface area contributed by atoms with Gasteiger partial charge in [0.1, 0.15) is 12.4 Å². The molecular weight excluding hydrogens is 269 g/mol. The molecule has 0 bridgehead atoms. The zero-order valence-corrected chi connectivity index (χ0v) is 11.2. The van der Waals surface area contributed by atoms with Gasteiger partial charge in [-0.15, -0.1) is 0 Å². The summed E-state index contributed by atoms with van der Waals surface area (Å²) in [6.45, 7) is 0.662. The van der Waals surface area contributed by atoms with Crippen molar-refractivity contribution in [3.63, 3.8) is 0 Å². The van der Waals surface area contributed by atoms with Gasteiger partial charge in [-0.05, 0) is 16.8 Å². The fourth-order valence-corrected chi connectivity index (χ4v) is 1.96. The molecule has 0 heterocycles. The third-order valence-corrected chi connectivity index (χ3v) is 3.28. The van der Waals surface area contributed by atoms with Crippen molar-refractivity contribution in [2.75, 3.05) is 6.61 Å². The third-order valence-electron chi connectivity index (χ3n) is 2.69. The zero-order chi connectivity index (χ0) is 13.0. The molecule has 2 nitrogen and oxygen atoms in total. The van der Waals surface area contributed by atoms with E-state index in [1.807, 2.05) is 36.4 Å². The molecule has 4 heteroatoms. The van der Waals surface area contributed by atoms with Crippen LogP contribution in [-0.4, -0.2) is 6.61 Å². The SMILES string of the molecule is NCc1c(OCC(Cl)=CCl)ccc2ccccc12. The first-order valence-electron chi connectivity index (χ1n) is 5.54. The lowest BCUT2D eigenvalue weighted by molar-refractivity contribution is 0.356. The highest BCUT2D eigenvalue weighted by Gasteiger charge is 2.07. The van der Waals surface area contributed by atoms with Crippen LogP contribution in [0.4, 0.5) is 0 Å². The molecule has 0 unspecified atom stereocenters. The lowest BCUT2D eigenvalue weighted by Gasteiger charge is -2.12. The van der Waals surface area contributed by atoms with Crippen LogP contribution in [0, 0.1) is 0 Å². The van der Waals surface area contributed by atoms with Gasteiger partial charge in [0, 0.05) is 17.6 Å². The lowest BCUT2D eigenvalue weighted by Crippen LogP contribution is -2.04. The first-order chi connectivity index (χ1) is 8.76. The molecule has 0 amide bonds. The molecule has 0 spiro atoms. The highest BCUT2D eigenvalue weighted by atomic mass is 35.5. The summed E-state index contributed by atoms with van der Waals surface area (Å²) in [4.78, 5) is 0. The predicted octanol–water partition coefficient (Wildman–Crippen LogP) is 4.00. The molecule has 0 atom stereocenters. The van der Waals surface area contributed by atoms with Crippen LogP contribution in [0.15, 0.2) is 47.0 Å². The Labute approximate surface area is 116 Å². The average Bonchev–Trinajstić information content (AvgIpc) is 2.43. The van der Waals surface area contributed by atoms with Gasteiger partial charge >= 0.3 is 0 Å². The topological polar surface area (TPSA) is 35.2 Å². The summed E-state index contributed by atoms with van der Waals surface area (Å²) in [7, 11) is 0. The fourth-order valence-electron chi connectivity index (χ4n) is 1.84. The number of rotatable bonds is 4. The Kier molecular flexibility index (Phi) is 4.48. The van der Waals surface area contributed by atoms with Crippen LogP contribution in [0.5, 0.6) is 5.75 Å².